The molecule has 0 rings (SSSR count). The van der Waals surface area contributed by atoms with Gasteiger partial charge in [-0.25, -0.2) is 0 Å². The molecule has 0 bridgehead atoms. The van der Waals surface area contributed by atoms with E-state index in [0.717, 1.165) is 6.92 Å². The third-order valence-corrected chi connectivity index (χ3v) is 1.29. The second kappa shape index (κ2) is 4.15. The standard InChI is InChI=1S/C6H10O6/c1-2(7)3(8)4(9)5(10)6(11)12/h2-4,7-9H,1H3,(H,11,12)/p-1/t2-,3-,4-/m0/s1. The lowest BCUT2D eigenvalue weighted by Gasteiger charge is -2.18. The SMILES string of the molecule is C[C@H](O)[C@H](O)[C@H](O)C(=O)C(=O)[O-]. The molecule has 0 aromatic carbocycles. The molecule has 12 heavy (non-hydrogen) atoms. The molecular formula is C6H9O6-. The quantitative estimate of drug-likeness (QED) is 0.382. The van der Waals surface area contributed by atoms with Crippen LogP contribution in [0.15, 0.2) is 0 Å². The van der Waals surface area contributed by atoms with E-state index in [9.17, 15) is 14.7 Å². The van der Waals surface area contributed by atoms with Crippen LogP contribution in [0.4, 0.5) is 0 Å². The summed E-state index contributed by atoms with van der Waals surface area (Å²) in [7, 11) is 0. The van der Waals surface area contributed by atoms with Crippen LogP contribution < -0.4 is 5.11 Å². The molecule has 0 spiro atoms. The fraction of sp³-hybridized carbons (Fsp3) is 0.667. The van der Waals surface area contributed by atoms with Gasteiger partial charge in [-0.1, -0.05) is 0 Å². The zero-order valence-corrected chi connectivity index (χ0v) is 6.30. The topological polar surface area (TPSA) is 118 Å². The lowest BCUT2D eigenvalue weighted by atomic mass is 10.1. The number of aliphatic carboxylic acids is 1. The summed E-state index contributed by atoms with van der Waals surface area (Å²) in [6.45, 7) is 1.11. The average molecular weight is 177 g/mol. The van der Waals surface area contributed by atoms with Crippen LogP contribution >= 0.6 is 0 Å². The zero-order valence-electron chi connectivity index (χ0n) is 6.30. The Bertz CT molecular complexity index is 186. The Morgan fingerprint density at radius 3 is 1.92 bits per heavy atom. The van der Waals surface area contributed by atoms with E-state index in [-0.39, 0.29) is 0 Å². The van der Waals surface area contributed by atoms with Gasteiger partial charge in [0.2, 0.25) is 5.78 Å². The third-order valence-electron chi connectivity index (χ3n) is 1.29. The second-order valence-electron chi connectivity index (χ2n) is 2.33. The molecule has 0 amide bonds. The van der Waals surface area contributed by atoms with Crippen molar-refractivity contribution in [2.45, 2.75) is 25.2 Å². The minimum atomic E-state index is -2.14. The van der Waals surface area contributed by atoms with Crippen molar-refractivity contribution in [1.29, 1.82) is 0 Å². The van der Waals surface area contributed by atoms with Crippen LogP contribution in [-0.4, -0.2) is 45.4 Å². The first kappa shape index (κ1) is 11.0. The summed E-state index contributed by atoms with van der Waals surface area (Å²) in [5.74, 6) is -3.74. The molecule has 0 aliphatic heterocycles. The number of ketones is 1. The third kappa shape index (κ3) is 2.57. The highest BCUT2D eigenvalue weighted by Crippen LogP contribution is 2.00. The summed E-state index contributed by atoms with van der Waals surface area (Å²) < 4.78 is 0. The molecule has 0 heterocycles. The number of hydrogen-bond acceptors (Lipinski definition) is 6. The molecule has 0 aromatic rings. The number of aliphatic hydroxyl groups excluding tert-OH is 3. The highest BCUT2D eigenvalue weighted by atomic mass is 16.4. The van der Waals surface area contributed by atoms with E-state index in [1.807, 2.05) is 0 Å². The highest BCUT2D eigenvalue weighted by Gasteiger charge is 2.28. The summed E-state index contributed by atoms with van der Waals surface area (Å²) in [6.07, 6.45) is -5.34. The first-order valence-corrected chi connectivity index (χ1v) is 3.17. The number of carbonyl (C=O) groups is 2. The van der Waals surface area contributed by atoms with Gasteiger partial charge in [0.05, 0.1) is 6.10 Å². The van der Waals surface area contributed by atoms with Gasteiger partial charge >= 0.3 is 0 Å². The van der Waals surface area contributed by atoms with Crippen LogP contribution in [0, 0.1) is 0 Å². The van der Waals surface area contributed by atoms with E-state index < -0.39 is 30.1 Å². The first-order valence-electron chi connectivity index (χ1n) is 3.17. The predicted molar refractivity (Wildman–Crippen MR) is 33.7 cm³/mol. The fourth-order valence-corrected chi connectivity index (χ4v) is 0.540. The number of carbonyl (C=O) groups excluding carboxylic acids is 2. The molecule has 6 nitrogen and oxygen atoms in total. The monoisotopic (exact) mass is 177 g/mol. The molecule has 0 fully saturated rings. The van der Waals surface area contributed by atoms with Gasteiger partial charge in [0.25, 0.3) is 0 Å². The molecule has 0 radical (unpaired) electrons. The van der Waals surface area contributed by atoms with Crippen molar-refractivity contribution in [3.05, 3.63) is 0 Å². The highest BCUT2D eigenvalue weighted by molar-refractivity contribution is 6.33. The van der Waals surface area contributed by atoms with Crippen molar-refractivity contribution >= 4 is 11.8 Å². The van der Waals surface area contributed by atoms with Gasteiger partial charge in [0, 0.05) is 0 Å². The Morgan fingerprint density at radius 1 is 1.25 bits per heavy atom. The molecule has 0 unspecified atom stereocenters. The minimum Gasteiger partial charge on any atom is -0.542 e. The summed E-state index contributed by atoms with van der Waals surface area (Å²) in [5.41, 5.74) is 0. The second-order valence-corrected chi connectivity index (χ2v) is 2.33. The number of aliphatic hydroxyl groups is 3. The first-order chi connectivity index (χ1) is 5.37. The van der Waals surface area contributed by atoms with Crippen molar-refractivity contribution in [1.82, 2.24) is 0 Å². The molecule has 3 atom stereocenters. The van der Waals surface area contributed by atoms with Gasteiger partial charge in [-0.15, -0.1) is 0 Å². The van der Waals surface area contributed by atoms with E-state index in [1.165, 1.54) is 0 Å². The van der Waals surface area contributed by atoms with Crippen molar-refractivity contribution < 1.29 is 30.0 Å². The maximum absolute atomic E-state index is 10.4. The van der Waals surface area contributed by atoms with Crippen LogP contribution in [0.2, 0.25) is 0 Å². The lowest BCUT2D eigenvalue weighted by Crippen LogP contribution is -2.48. The molecule has 6 heteroatoms. The number of hydrogen-bond donors (Lipinski definition) is 3. The number of Topliss-reactive ketones (excluding diaryl/α,β-unsaturated/α-hetero) is 1. The Balaban J connectivity index is 4.29. The normalized spacial score (nSPS) is 18.0. The van der Waals surface area contributed by atoms with Crippen molar-refractivity contribution in [2.75, 3.05) is 0 Å². The summed E-state index contributed by atoms with van der Waals surface area (Å²) in [4.78, 5) is 20.3. The van der Waals surface area contributed by atoms with Crippen LogP contribution in [0.1, 0.15) is 6.92 Å². The van der Waals surface area contributed by atoms with Crippen LogP contribution in [0.5, 0.6) is 0 Å². The Morgan fingerprint density at radius 2 is 1.67 bits per heavy atom. The van der Waals surface area contributed by atoms with Crippen LogP contribution in [-0.2, 0) is 9.59 Å². The van der Waals surface area contributed by atoms with Crippen molar-refractivity contribution in [2.24, 2.45) is 0 Å². The molecule has 0 aromatic heterocycles. The van der Waals surface area contributed by atoms with Gasteiger partial charge < -0.3 is 25.2 Å². The smallest absolute Gasteiger partial charge is 0.209 e. The van der Waals surface area contributed by atoms with E-state index in [4.69, 9.17) is 15.3 Å². The lowest BCUT2D eigenvalue weighted by molar-refractivity contribution is -0.301. The fourth-order valence-electron chi connectivity index (χ4n) is 0.540. The Labute approximate surface area is 68.1 Å². The van der Waals surface area contributed by atoms with Gasteiger partial charge in [0.15, 0.2) is 0 Å². The maximum Gasteiger partial charge on any atom is 0.209 e. The Kier molecular flexibility index (Phi) is 3.81. The van der Waals surface area contributed by atoms with E-state index in [2.05, 4.69) is 0 Å². The number of carboxylic acid groups (broad SMARTS) is 1. The van der Waals surface area contributed by atoms with Crippen LogP contribution in [0.3, 0.4) is 0 Å². The molecular weight excluding hydrogens is 168 g/mol. The minimum absolute atomic E-state index is 1.11. The number of rotatable bonds is 4. The summed E-state index contributed by atoms with van der Waals surface area (Å²) in [6, 6.07) is 0. The van der Waals surface area contributed by atoms with E-state index in [0.29, 0.717) is 0 Å². The van der Waals surface area contributed by atoms with Crippen molar-refractivity contribution in [3.8, 4) is 0 Å². The Hall–Kier alpha value is -0.980. The summed E-state index contributed by atoms with van der Waals surface area (Å²) in [5, 5.41) is 36.0. The molecule has 0 aliphatic carbocycles. The van der Waals surface area contributed by atoms with Gasteiger partial charge in [0.1, 0.15) is 18.2 Å². The summed E-state index contributed by atoms with van der Waals surface area (Å²) >= 11 is 0. The maximum atomic E-state index is 10.4. The zero-order chi connectivity index (χ0) is 9.89. The van der Waals surface area contributed by atoms with Crippen molar-refractivity contribution in [3.63, 3.8) is 0 Å². The average Bonchev–Trinajstić information content (AvgIpc) is 2.00. The van der Waals surface area contributed by atoms with Gasteiger partial charge in [-0.2, -0.15) is 0 Å². The molecule has 0 saturated heterocycles. The van der Waals surface area contributed by atoms with Gasteiger partial charge in [-0.3, -0.25) is 4.79 Å². The molecule has 0 saturated carbocycles. The largest absolute Gasteiger partial charge is 0.542 e. The molecule has 70 valence electrons. The molecule has 0 aliphatic rings. The van der Waals surface area contributed by atoms with Gasteiger partial charge in [-0.05, 0) is 6.92 Å². The van der Waals surface area contributed by atoms with E-state index in [1.54, 1.807) is 0 Å². The predicted octanol–water partition coefficient (Wildman–Crippen LogP) is -3.59. The van der Waals surface area contributed by atoms with Crippen LogP contribution in [0.25, 0.3) is 0 Å². The number of carboxylic acids is 1. The van der Waals surface area contributed by atoms with E-state index >= 15 is 0 Å². The molecule has 3 N–H and O–H groups in total.